The first-order valence-corrected chi connectivity index (χ1v) is 7.53. The lowest BCUT2D eigenvalue weighted by Gasteiger charge is -2.17. The Balaban J connectivity index is 1.87. The van der Waals surface area contributed by atoms with Gasteiger partial charge in [0.05, 0.1) is 7.11 Å². The minimum absolute atomic E-state index is 0.850. The molecule has 1 aromatic rings. The predicted molar refractivity (Wildman–Crippen MR) is 78.9 cm³/mol. The first-order chi connectivity index (χ1) is 8.70. The van der Waals surface area contributed by atoms with Crippen LogP contribution in [0.3, 0.4) is 0 Å². The molecule has 1 fully saturated rings. The summed E-state index contributed by atoms with van der Waals surface area (Å²) in [5.41, 5.74) is 1.22. The molecule has 0 bridgehead atoms. The van der Waals surface area contributed by atoms with Crippen LogP contribution >= 0.6 is 15.9 Å². The maximum absolute atomic E-state index is 5.38. The summed E-state index contributed by atoms with van der Waals surface area (Å²) >= 11 is 3.51. The molecule has 2 atom stereocenters. The molecule has 1 aliphatic carbocycles. The number of benzene rings is 1. The molecule has 3 heteroatoms. The van der Waals surface area contributed by atoms with Crippen molar-refractivity contribution in [2.45, 2.75) is 32.7 Å². The number of hydrogen-bond acceptors (Lipinski definition) is 2. The summed E-state index contributed by atoms with van der Waals surface area (Å²) in [6.45, 7) is 4.38. The van der Waals surface area contributed by atoms with Crippen molar-refractivity contribution in [1.82, 2.24) is 5.32 Å². The van der Waals surface area contributed by atoms with Gasteiger partial charge in [-0.25, -0.2) is 0 Å². The fraction of sp³-hybridized carbons (Fsp3) is 0.600. The van der Waals surface area contributed by atoms with Crippen molar-refractivity contribution >= 4 is 15.9 Å². The summed E-state index contributed by atoms with van der Waals surface area (Å²) in [5, 5.41) is 3.58. The van der Waals surface area contributed by atoms with Crippen LogP contribution in [-0.2, 0) is 6.54 Å². The first-order valence-electron chi connectivity index (χ1n) is 6.74. The number of hydrogen-bond donors (Lipinski definition) is 1. The lowest BCUT2D eigenvalue weighted by atomic mass is 9.98. The van der Waals surface area contributed by atoms with Crippen LogP contribution in [0.25, 0.3) is 0 Å². The Hall–Kier alpha value is -0.540. The summed E-state index contributed by atoms with van der Waals surface area (Å²) in [6.07, 6.45) is 4.17. The molecule has 1 aromatic carbocycles. The number of nitrogens with one attached hydrogen (secondary N) is 1. The Kier molecular flexibility index (Phi) is 5.07. The standard InChI is InChI=1S/C15H22BrNO/c1-11-4-3-5-12(11)9-17-10-13-8-14(16)6-7-15(13)18-2/h6-8,11-12,17H,3-5,9-10H2,1-2H3. The lowest BCUT2D eigenvalue weighted by Crippen LogP contribution is -2.24. The zero-order valence-corrected chi connectivity index (χ0v) is 12.8. The van der Waals surface area contributed by atoms with E-state index >= 15 is 0 Å². The van der Waals surface area contributed by atoms with E-state index in [1.54, 1.807) is 7.11 Å². The second kappa shape index (κ2) is 6.58. The minimum atomic E-state index is 0.850. The summed E-state index contributed by atoms with van der Waals surface area (Å²) in [6, 6.07) is 6.16. The van der Waals surface area contributed by atoms with Crippen LogP contribution in [0.5, 0.6) is 5.75 Å². The van der Waals surface area contributed by atoms with E-state index in [4.69, 9.17) is 4.74 Å². The van der Waals surface area contributed by atoms with Gasteiger partial charge in [0, 0.05) is 16.6 Å². The highest BCUT2D eigenvalue weighted by molar-refractivity contribution is 9.10. The number of methoxy groups -OCH3 is 1. The van der Waals surface area contributed by atoms with E-state index in [1.165, 1.54) is 24.8 Å². The Morgan fingerprint density at radius 3 is 2.89 bits per heavy atom. The Bertz CT molecular complexity index is 394. The molecule has 0 amide bonds. The second-order valence-electron chi connectivity index (χ2n) is 5.26. The van der Waals surface area contributed by atoms with Crippen molar-refractivity contribution in [2.24, 2.45) is 11.8 Å². The molecule has 18 heavy (non-hydrogen) atoms. The van der Waals surface area contributed by atoms with E-state index in [-0.39, 0.29) is 0 Å². The van der Waals surface area contributed by atoms with Crippen LogP contribution < -0.4 is 10.1 Å². The minimum Gasteiger partial charge on any atom is -0.496 e. The van der Waals surface area contributed by atoms with E-state index in [0.717, 1.165) is 35.1 Å². The molecular formula is C15H22BrNO. The molecule has 1 saturated carbocycles. The zero-order valence-electron chi connectivity index (χ0n) is 11.2. The van der Waals surface area contributed by atoms with Crippen LogP contribution in [0, 0.1) is 11.8 Å². The molecule has 2 rings (SSSR count). The Morgan fingerprint density at radius 2 is 2.22 bits per heavy atom. The van der Waals surface area contributed by atoms with E-state index < -0.39 is 0 Å². The van der Waals surface area contributed by atoms with Crippen LogP contribution in [0.4, 0.5) is 0 Å². The van der Waals surface area contributed by atoms with E-state index in [2.05, 4.69) is 34.2 Å². The van der Waals surface area contributed by atoms with Crippen molar-refractivity contribution in [1.29, 1.82) is 0 Å². The smallest absolute Gasteiger partial charge is 0.123 e. The van der Waals surface area contributed by atoms with Crippen molar-refractivity contribution < 1.29 is 4.74 Å². The van der Waals surface area contributed by atoms with Gasteiger partial charge in [0.2, 0.25) is 0 Å². The SMILES string of the molecule is COc1ccc(Br)cc1CNCC1CCCC1C. The van der Waals surface area contributed by atoms with E-state index in [0.29, 0.717) is 0 Å². The third kappa shape index (κ3) is 3.48. The normalized spacial score (nSPS) is 23.3. The molecule has 0 saturated heterocycles. The highest BCUT2D eigenvalue weighted by atomic mass is 79.9. The molecule has 100 valence electrons. The van der Waals surface area contributed by atoms with Gasteiger partial charge in [-0.05, 0) is 43.0 Å². The maximum atomic E-state index is 5.38. The van der Waals surface area contributed by atoms with Crippen LogP contribution in [0.2, 0.25) is 0 Å². The topological polar surface area (TPSA) is 21.3 Å². The van der Waals surface area contributed by atoms with Gasteiger partial charge < -0.3 is 10.1 Å². The van der Waals surface area contributed by atoms with Gasteiger partial charge in [-0.2, -0.15) is 0 Å². The largest absolute Gasteiger partial charge is 0.496 e. The summed E-state index contributed by atoms with van der Waals surface area (Å²) in [5.74, 6) is 2.69. The highest BCUT2D eigenvalue weighted by Crippen LogP contribution is 2.30. The molecule has 1 N–H and O–H groups in total. The monoisotopic (exact) mass is 311 g/mol. The molecule has 0 aromatic heterocycles. The van der Waals surface area contributed by atoms with Gasteiger partial charge in [0.1, 0.15) is 5.75 Å². The average molecular weight is 312 g/mol. The molecule has 0 spiro atoms. The quantitative estimate of drug-likeness (QED) is 0.888. The molecule has 2 nitrogen and oxygen atoms in total. The lowest BCUT2D eigenvalue weighted by molar-refractivity contribution is 0.384. The highest BCUT2D eigenvalue weighted by Gasteiger charge is 2.22. The summed E-state index contributed by atoms with van der Waals surface area (Å²) < 4.78 is 6.49. The average Bonchev–Trinajstić information content (AvgIpc) is 2.76. The van der Waals surface area contributed by atoms with Gasteiger partial charge in [0.15, 0.2) is 0 Å². The van der Waals surface area contributed by atoms with Crippen molar-refractivity contribution in [3.63, 3.8) is 0 Å². The van der Waals surface area contributed by atoms with Gasteiger partial charge in [-0.3, -0.25) is 0 Å². The molecule has 2 unspecified atom stereocenters. The third-order valence-corrected chi connectivity index (χ3v) is 4.50. The van der Waals surface area contributed by atoms with Crippen LogP contribution in [0.1, 0.15) is 31.7 Å². The number of halogens is 1. The Labute approximate surface area is 118 Å². The van der Waals surface area contributed by atoms with Gasteiger partial charge in [0.25, 0.3) is 0 Å². The predicted octanol–water partition coefficient (Wildman–Crippen LogP) is 3.98. The number of rotatable bonds is 5. The third-order valence-electron chi connectivity index (χ3n) is 4.00. The summed E-state index contributed by atoms with van der Waals surface area (Å²) in [7, 11) is 1.73. The van der Waals surface area contributed by atoms with Crippen molar-refractivity contribution in [3.05, 3.63) is 28.2 Å². The molecule has 0 heterocycles. The van der Waals surface area contributed by atoms with Crippen molar-refractivity contribution in [2.75, 3.05) is 13.7 Å². The zero-order chi connectivity index (χ0) is 13.0. The second-order valence-corrected chi connectivity index (χ2v) is 6.17. The molecule has 0 radical (unpaired) electrons. The molecule has 0 aliphatic heterocycles. The maximum Gasteiger partial charge on any atom is 0.123 e. The van der Waals surface area contributed by atoms with E-state index in [1.807, 2.05) is 12.1 Å². The van der Waals surface area contributed by atoms with Gasteiger partial charge in [-0.1, -0.05) is 35.7 Å². The number of ether oxygens (including phenoxy) is 1. The van der Waals surface area contributed by atoms with Gasteiger partial charge >= 0.3 is 0 Å². The first kappa shape index (κ1) is 13.9. The molecular weight excluding hydrogens is 290 g/mol. The van der Waals surface area contributed by atoms with Crippen LogP contribution in [0.15, 0.2) is 22.7 Å². The Morgan fingerprint density at radius 1 is 1.39 bits per heavy atom. The van der Waals surface area contributed by atoms with Crippen molar-refractivity contribution in [3.8, 4) is 5.75 Å². The fourth-order valence-corrected chi connectivity index (χ4v) is 3.21. The van der Waals surface area contributed by atoms with Crippen LogP contribution in [-0.4, -0.2) is 13.7 Å². The molecule has 1 aliphatic rings. The van der Waals surface area contributed by atoms with Gasteiger partial charge in [-0.15, -0.1) is 0 Å². The fourth-order valence-electron chi connectivity index (χ4n) is 2.80. The van der Waals surface area contributed by atoms with E-state index in [9.17, 15) is 0 Å². The summed E-state index contributed by atoms with van der Waals surface area (Å²) in [4.78, 5) is 0.